The summed E-state index contributed by atoms with van der Waals surface area (Å²) < 4.78 is 5.14. The first kappa shape index (κ1) is 20.9. The molecule has 3 aromatic rings. The molecule has 0 saturated carbocycles. The SMILES string of the molecule is Cc1cc(N2C(=O)C(=O)C(=C(O)c3ccc(Cl)cc3)C2c2ccc(C(C)C)cc2)no1. The van der Waals surface area contributed by atoms with Gasteiger partial charge in [-0.2, -0.15) is 0 Å². The summed E-state index contributed by atoms with van der Waals surface area (Å²) in [5, 5.41) is 15.5. The second-order valence-electron chi connectivity index (χ2n) is 7.79. The zero-order chi connectivity index (χ0) is 22.3. The van der Waals surface area contributed by atoms with E-state index in [1.807, 2.05) is 24.3 Å². The van der Waals surface area contributed by atoms with Crippen LogP contribution in [0, 0.1) is 6.92 Å². The number of aryl methyl sites for hydroxylation is 1. The van der Waals surface area contributed by atoms with Gasteiger partial charge < -0.3 is 9.63 Å². The van der Waals surface area contributed by atoms with Gasteiger partial charge in [0.05, 0.1) is 11.6 Å². The van der Waals surface area contributed by atoms with E-state index in [1.54, 1.807) is 37.3 Å². The van der Waals surface area contributed by atoms with Gasteiger partial charge in [-0.05, 0) is 48.2 Å². The minimum absolute atomic E-state index is 0.00901. The zero-order valence-electron chi connectivity index (χ0n) is 17.3. The number of aliphatic hydroxyl groups excluding tert-OH is 1. The summed E-state index contributed by atoms with van der Waals surface area (Å²) in [6.07, 6.45) is 0. The van der Waals surface area contributed by atoms with E-state index in [0.29, 0.717) is 27.8 Å². The van der Waals surface area contributed by atoms with Crippen LogP contribution >= 0.6 is 11.6 Å². The number of hydrogen-bond donors (Lipinski definition) is 1. The third-order valence-electron chi connectivity index (χ3n) is 5.34. The molecule has 1 atom stereocenters. The average molecular weight is 437 g/mol. The molecule has 7 heteroatoms. The third-order valence-corrected chi connectivity index (χ3v) is 5.60. The van der Waals surface area contributed by atoms with Crippen LogP contribution in [0.4, 0.5) is 5.82 Å². The van der Waals surface area contributed by atoms with Gasteiger partial charge in [-0.25, -0.2) is 0 Å². The van der Waals surface area contributed by atoms with E-state index in [2.05, 4.69) is 19.0 Å². The Morgan fingerprint density at radius 2 is 1.74 bits per heavy atom. The predicted octanol–water partition coefficient (Wildman–Crippen LogP) is 5.39. The Labute approximate surface area is 184 Å². The Hall–Kier alpha value is -3.38. The highest BCUT2D eigenvalue weighted by Gasteiger charge is 2.48. The minimum atomic E-state index is -0.846. The zero-order valence-corrected chi connectivity index (χ0v) is 18.1. The number of hydrogen-bond acceptors (Lipinski definition) is 5. The highest BCUT2D eigenvalue weighted by molar-refractivity contribution is 6.51. The largest absolute Gasteiger partial charge is 0.507 e. The highest BCUT2D eigenvalue weighted by Crippen LogP contribution is 2.42. The molecule has 4 rings (SSSR count). The van der Waals surface area contributed by atoms with Gasteiger partial charge in [0.2, 0.25) is 0 Å². The number of aromatic nitrogens is 1. The molecule has 1 aromatic heterocycles. The first-order valence-electron chi connectivity index (χ1n) is 9.88. The molecule has 6 nitrogen and oxygen atoms in total. The van der Waals surface area contributed by atoms with Gasteiger partial charge in [-0.1, -0.05) is 54.9 Å². The van der Waals surface area contributed by atoms with E-state index >= 15 is 0 Å². The van der Waals surface area contributed by atoms with E-state index in [1.165, 1.54) is 4.90 Å². The van der Waals surface area contributed by atoms with Gasteiger partial charge in [-0.15, -0.1) is 0 Å². The van der Waals surface area contributed by atoms with Crippen molar-refractivity contribution in [2.24, 2.45) is 0 Å². The summed E-state index contributed by atoms with van der Waals surface area (Å²) in [4.78, 5) is 27.3. The molecular formula is C24H21ClN2O4. The summed E-state index contributed by atoms with van der Waals surface area (Å²) in [7, 11) is 0. The smallest absolute Gasteiger partial charge is 0.301 e. The van der Waals surface area contributed by atoms with E-state index in [9.17, 15) is 14.7 Å². The van der Waals surface area contributed by atoms with Gasteiger partial charge in [-0.3, -0.25) is 14.5 Å². The van der Waals surface area contributed by atoms with Gasteiger partial charge in [0.1, 0.15) is 11.5 Å². The average Bonchev–Trinajstić information content (AvgIpc) is 3.29. The first-order valence-corrected chi connectivity index (χ1v) is 10.3. The normalized spacial score (nSPS) is 18.2. The van der Waals surface area contributed by atoms with Crippen molar-refractivity contribution in [3.05, 3.63) is 87.6 Å². The number of rotatable bonds is 4. The van der Waals surface area contributed by atoms with Crippen molar-refractivity contribution in [3.8, 4) is 0 Å². The number of carbonyl (C=O) groups excluding carboxylic acids is 2. The number of Topliss-reactive ketones (excluding diaryl/α,β-unsaturated/α-hetero) is 1. The molecule has 1 aliphatic rings. The predicted molar refractivity (Wildman–Crippen MR) is 118 cm³/mol. The lowest BCUT2D eigenvalue weighted by molar-refractivity contribution is -0.132. The molecule has 0 bridgehead atoms. The fourth-order valence-corrected chi connectivity index (χ4v) is 3.80. The Balaban J connectivity index is 1.91. The minimum Gasteiger partial charge on any atom is -0.507 e. The molecule has 1 fully saturated rings. The monoisotopic (exact) mass is 436 g/mol. The van der Waals surface area contributed by atoms with Crippen LogP contribution in [0.15, 0.2) is 64.7 Å². The maximum atomic E-state index is 13.0. The van der Waals surface area contributed by atoms with Gasteiger partial charge in [0, 0.05) is 16.7 Å². The molecule has 0 aliphatic carbocycles. The van der Waals surface area contributed by atoms with E-state index in [4.69, 9.17) is 16.1 Å². The molecule has 158 valence electrons. The number of carbonyl (C=O) groups is 2. The summed E-state index contributed by atoms with van der Waals surface area (Å²) in [6, 6.07) is 14.8. The molecule has 0 spiro atoms. The lowest BCUT2D eigenvalue weighted by atomic mass is 9.93. The van der Waals surface area contributed by atoms with Crippen LogP contribution in [0.3, 0.4) is 0 Å². The van der Waals surface area contributed by atoms with Crippen molar-refractivity contribution in [1.82, 2.24) is 5.16 Å². The van der Waals surface area contributed by atoms with E-state index in [0.717, 1.165) is 5.56 Å². The fraction of sp³-hybridized carbons (Fsp3) is 0.208. The number of aliphatic hydroxyl groups is 1. The number of benzene rings is 2. The first-order chi connectivity index (χ1) is 14.8. The van der Waals surface area contributed by atoms with E-state index in [-0.39, 0.29) is 17.2 Å². The van der Waals surface area contributed by atoms with Crippen LogP contribution in [0.25, 0.3) is 5.76 Å². The quantitative estimate of drug-likeness (QED) is 0.337. The molecule has 0 radical (unpaired) electrons. The lowest BCUT2D eigenvalue weighted by Gasteiger charge is -2.23. The van der Waals surface area contributed by atoms with Crippen molar-refractivity contribution < 1.29 is 19.2 Å². The topological polar surface area (TPSA) is 83.6 Å². The molecule has 2 heterocycles. The van der Waals surface area contributed by atoms with Crippen LogP contribution in [0.1, 0.15) is 48.3 Å². The second-order valence-corrected chi connectivity index (χ2v) is 8.23. The van der Waals surface area contributed by atoms with Crippen molar-refractivity contribution in [2.75, 3.05) is 4.90 Å². The summed E-state index contributed by atoms with van der Waals surface area (Å²) >= 11 is 5.95. The molecule has 1 N–H and O–H groups in total. The van der Waals surface area contributed by atoms with Gasteiger partial charge >= 0.3 is 5.91 Å². The number of amides is 1. The fourth-order valence-electron chi connectivity index (χ4n) is 3.68. The number of anilines is 1. The van der Waals surface area contributed by atoms with Crippen LogP contribution in [0.2, 0.25) is 5.02 Å². The summed E-state index contributed by atoms with van der Waals surface area (Å²) in [6.45, 7) is 5.87. The summed E-state index contributed by atoms with van der Waals surface area (Å²) in [5.41, 5.74) is 2.18. The molecule has 31 heavy (non-hydrogen) atoms. The van der Waals surface area contributed by atoms with E-state index < -0.39 is 17.7 Å². The maximum absolute atomic E-state index is 13.0. The van der Waals surface area contributed by atoms with Crippen molar-refractivity contribution in [1.29, 1.82) is 0 Å². The van der Waals surface area contributed by atoms with Crippen LogP contribution in [-0.4, -0.2) is 22.0 Å². The molecule has 1 unspecified atom stereocenters. The maximum Gasteiger partial charge on any atom is 0.301 e. The van der Waals surface area contributed by atoms with Crippen LogP contribution in [-0.2, 0) is 9.59 Å². The second kappa shape index (κ2) is 8.04. The molecule has 2 aromatic carbocycles. The molecular weight excluding hydrogens is 416 g/mol. The number of nitrogens with zero attached hydrogens (tertiary/aromatic N) is 2. The molecule has 1 saturated heterocycles. The van der Waals surface area contributed by atoms with Crippen LogP contribution < -0.4 is 4.90 Å². The third kappa shape index (κ3) is 3.75. The lowest BCUT2D eigenvalue weighted by Crippen LogP contribution is -2.29. The number of ketones is 1. The highest BCUT2D eigenvalue weighted by atomic mass is 35.5. The molecule has 1 aliphatic heterocycles. The van der Waals surface area contributed by atoms with Crippen molar-refractivity contribution in [2.45, 2.75) is 32.7 Å². The Kier molecular flexibility index (Phi) is 5.41. The van der Waals surface area contributed by atoms with Crippen LogP contribution in [0.5, 0.6) is 0 Å². The Bertz CT molecular complexity index is 1180. The Morgan fingerprint density at radius 3 is 2.29 bits per heavy atom. The van der Waals surface area contributed by atoms with Gasteiger partial charge in [0.25, 0.3) is 5.78 Å². The molecule has 1 amide bonds. The summed E-state index contributed by atoms with van der Waals surface area (Å²) in [5.74, 6) is -0.785. The van der Waals surface area contributed by atoms with Gasteiger partial charge in [0.15, 0.2) is 5.82 Å². The van der Waals surface area contributed by atoms with Crippen molar-refractivity contribution in [3.63, 3.8) is 0 Å². The Morgan fingerprint density at radius 1 is 1.10 bits per heavy atom. The van der Waals surface area contributed by atoms with Crippen molar-refractivity contribution >= 4 is 34.9 Å². The standard InChI is InChI=1S/C24H21ClN2O4/c1-13(2)15-4-6-16(7-5-15)21-20(22(28)17-8-10-18(25)11-9-17)23(29)24(30)27(21)19-12-14(3)31-26-19/h4-13,21,28H,1-3H3. The number of halogens is 1.